The Bertz CT molecular complexity index is 354. The molecule has 1 N–H and O–H groups in total. The summed E-state index contributed by atoms with van der Waals surface area (Å²) >= 11 is 0. The van der Waals surface area contributed by atoms with Gasteiger partial charge in [-0.05, 0) is 37.5 Å². The van der Waals surface area contributed by atoms with Crippen LogP contribution in [0, 0.1) is 17.8 Å². The van der Waals surface area contributed by atoms with Crippen LogP contribution in [0.15, 0.2) is 0 Å². The molecule has 0 aromatic carbocycles. The maximum atomic E-state index is 12.6. The predicted octanol–water partition coefficient (Wildman–Crippen LogP) is 2.81. The van der Waals surface area contributed by atoms with E-state index in [2.05, 4.69) is 19.2 Å². The van der Waals surface area contributed by atoms with Gasteiger partial charge in [0.05, 0.1) is 12.0 Å². The number of hydrogen-bond acceptors (Lipinski definition) is 2. The minimum atomic E-state index is -4.16. The van der Waals surface area contributed by atoms with Crippen LogP contribution in [-0.2, 0) is 4.79 Å². The van der Waals surface area contributed by atoms with Gasteiger partial charge in [-0.2, -0.15) is 13.2 Å². The van der Waals surface area contributed by atoms with Crippen LogP contribution in [0.3, 0.4) is 0 Å². The van der Waals surface area contributed by atoms with Crippen LogP contribution in [-0.4, -0.2) is 42.7 Å². The van der Waals surface area contributed by atoms with Gasteiger partial charge in [-0.3, -0.25) is 4.79 Å². The van der Waals surface area contributed by atoms with Crippen molar-refractivity contribution in [2.75, 3.05) is 19.6 Å². The third kappa shape index (κ3) is 4.11. The molecule has 2 atom stereocenters. The maximum Gasteiger partial charge on any atom is 0.393 e. The van der Waals surface area contributed by atoms with Crippen LogP contribution in [0.2, 0.25) is 0 Å². The molecular weight excluding hydrogens is 281 g/mol. The van der Waals surface area contributed by atoms with Gasteiger partial charge in [0.15, 0.2) is 0 Å². The van der Waals surface area contributed by atoms with Crippen molar-refractivity contribution in [1.82, 2.24) is 10.2 Å². The van der Waals surface area contributed by atoms with Crippen molar-refractivity contribution in [3.05, 3.63) is 0 Å². The summed E-state index contributed by atoms with van der Waals surface area (Å²) in [6, 6.07) is -0.431. The highest BCUT2D eigenvalue weighted by Gasteiger charge is 2.43. The zero-order valence-corrected chi connectivity index (χ0v) is 12.7. The number of alkyl halides is 3. The number of nitrogens with one attached hydrogen (secondary N) is 1. The summed E-state index contributed by atoms with van der Waals surface area (Å²) in [5, 5.41) is 2.80. The molecule has 21 heavy (non-hydrogen) atoms. The Balaban J connectivity index is 1.80. The van der Waals surface area contributed by atoms with E-state index in [4.69, 9.17) is 0 Å². The topological polar surface area (TPSA) is 32.3 Å². The Kier molecular flexibility index (Phi) is 5.17. The molecule has 0 radical (unpaired) electrons. The minimum Gasteiger partial charge on any atom is -0.341 e. The molecule has 0 aromatic heterocycles. The molecule has 0 aliphatic carbocycles. The molecule has 2 aliphatic heterocycles. The molecule has 0 spiro atoms. The van der Waals surface area contributed by atoms with E-state index in [-0.39, 0.29) is 25.3 Å². The van der Waals surface area contributed by atoms with E-state index < -0.39 is 18.1 Å². The average molecular weight is 306 g/mol. The normalized spacial score (nSPS) is 29.0. The minimum absolute atomic E-state index is 0.0159. The van der Waals surface area contributed by atoms with E-state index >= 15 is 0 Å². The number of halogens is 3. The number of carbonyl (C=O) groups is 1. The number of carbonyl (C=O) groups excluding carboxylic acids is 1. The summed E-state index contributed by atoms with van der Waals surface area (Å²) in [4.78, 5) is 14.2. The Labute approximate surface area is 124 Å². The fourth-order valence-electron chi connectivity index (χ4n) is 3.35. The van der Waals surface area contributed by atoms with Gasteiger partial charge in [0.25, 0.3) is 0 Å². The quantitative estimate of drug-likeness (QED) is 0.851. The summed E-state index contributed by atoms with van der Waals surface area (Å²) in [6.07, 6.45) is -1.82. The third-order valence-corrected chi connectivity index (χ3v) is 4.97. The van der Waals surface area contributed by atoms with Crippen molar-refractivity contribution < 1.29 is 18.0 Å². The highest BCUT2D eigenvalue weighted by atomic mass is 19.4. The van der Waals surface area contributed by atoms with Crippen LogP contribution in [0.4, 0.5) is 13.2 Å². The number of likely N-dealkylation sites (tertiary alicyclic amines) is 1. The molecule has 2 fully saturated rings. The van der Waals surface area contributed by atoms with Crippen molar-refractivity contribution in [3.8, 4) is 0 Å². The lowest BCUT2D eigenvalue weighted by atomic mass is 9.86. The SMILES string of the molecule is CC(C)C1CCN(C(=O)C2CCC(C(F)(F)F)CN2)CC1. The van der Waals surface area contributed by atoms with Crippen LogP contribution in [0.25, 0.3) is 0 Å². The summed E-state index contributed by atoms with van der Waals surface area (Å²) in [5.41, 5.74) is 0. The van der Waals surface area contributed by atoms with Gasteiger partial charge in [0.1, 0.15) is 0 Å². The molecule has 2 unspecified atom stereocenters. The first-order valence-electron chi connectivity index (χ1n) is 7.88. The van der Waals surface area contributed by atoms with Crippen LogP contribution < -0.4 is 5.32 Å². The van der Waals surface area contributed by atoms with Crippen LogP contribution >= 0.6 is 0 Å². The number of nitrogens with zero attached hydrogens (tertiary/aromatic N) is 1. The molecule has 1 amide bonds. The molecule has 0 saturated carbocycles. The second-order valence-corrected chi connectivity index (χ2v) is 6.68. The zero-order chi connectivity index (χ0) is 15.6. The molecule has 3 nitrogen and oxygen atoms in total. The maximum absolute atomic E-state index is 12.6. The second-order valence-electron chi connectivity index (χ2n) is 6.68. The summed E-state index contributed by atoms with van der Waals surface area (Å²) in [5.74, 6) is -0.0448. The van der Waals surface area contributed by atoms with Crippen LogP contribution in [0.1, 0.15) is 39.5 Å². The second kappa shape index (κ2) is 6.55. The van der Waals surface area contributed by atoms with Gasteiger partial charge in [0, 0.05) is 19.6 Å². The highest BCUT2D eigenvalue weighted by Crippen LogP contribution is 2.32. The van der Waals surface area contributed by atoms with Gasteiger partial charge >= 0.3 is 6.18 Å². The van der Waals surface area contributed by atoms with E-state index in [1.807, 2.05) is 4.90 Å². The van der Waals surface area contributed by atoms with Crippen molar-refractivity contribution >= 4 is 5.91 Å². The molecule has 2 rings (SSSR count). The molecule has 6 heteroatoms. The van der Waals surface area contributed by atoms with Gasteiger partial charge in [-0.1, -0.05) is 13.8 Å². The fraction of sp³-hybridized carbons (Fsp3) is 0.933. The van der Waals surface area contributed by atoms with E-state index in [1.165, 1.54) is 0 Å². The predicted molar refractivity (Wildman–Crippen MR) is 74.7 cm³/mol. The number of hydrogen-bond donors (Lipinski definition) is 1. The highest BCUT2D eigenvalue weighted by molar-refractivity contribution is 5.82. The van der Waals surface area contributed by atoms with Crippen molar-refractivity contribution in [2.24, 2.45) is 17.8 Å². The first-order valence-corrected chi connectivity index (χ1v) is 7.88. The molecule has 122 valence electrons. The lowest BCUT2D eigenvalue weighted by Crippen LogP contribution is -2.53. The van der Waals surface area contributed by atoms with E-state index in [0.717, 1.165) is 25.9 Å². The van der Waals surface area contributed by atoms with Crippen molar-refractivity contribution in [3.63, 3.8) is 0 Å². The van der Waals surface area contributed by atoms with E-state index in [1.54, 1.807) is 0 Å². The zero-order valence-electron chi connectivity index (χ0n) is 12.7. The number of rotatable bonds is 2. The van der Waals surface area contributed by atoms with Gasteiger partial charge in [0.2, 0.25) is 5.91 Å². The molecular formula is C15H25F3N2O. The summed E-state index contributed by atoms with van der Waals surface area (Å²) in [6.45, 7) is 5.73. The Morgan fingerprint density at radius 3 is 2.19 bits per heavy atom. The molecule has 0 bridgehead atoms. The Morgan fingerprint density at radius 2 is 1.76 bits per heavy atom. The smallest absolute Gasteiger partial charge is 0.341 e. The number of piperidine rings is 2. The Morgan fingerprint density at radius 1 is 1.14 bits per heavy atom. The van der Waals surface area contributed by atoms with Crippen molar-refractivity contribution in [1.29, 1.82) is 0 Å². The Hall–Kier alpha value is -0.780. The monoisotopic (exact) mass is 306 g/mol. The molecule has 2 aliphatic rings. The fourth-order valence-corrected chi connectivity index (χ4v) is 3.35. The first kappa shape index (κ1) is 16.6. The summed E-state index contributed by atoms with van der Waals surface area (Å²) < 4.78 is 37.8. The van der Waals surface area contributed by atoms with E-state index in [0.29, 0.717) is 11.8 Å². The third-order valence-electron chi connectivity index (χ3n) is 4.97. The largest absolute Gasteiger partial charge is 0.393 e. The first-order chi connectivity index (χ1) is 9.79. The molecule has 0 aromatic rings. The lowest BCUT2D eigenvalue weighted by Gasteiger charge is -2.38. The van der Waals surface area contributed by atoms with Gasteiger partial charge in [-0.15, -0.1) is 0 Å². The number of amides is 1. The molecule has 2 heterocycles. The van der Waals surface area contributed by atoms with Crippen molar-refractivity contribution in [2.45, 2.75) is 51.7 Å². The van der Waals surface area contributed by atoms with Gasteiger partial charge in [-0.25, -0.2) is 0 Å². The van der Waals surface area contributed by atoms with E-state index in [9.17, 15) is 18.0 Å². The average Bonchev–Trinajstić information content (AvgIpc) is 2.46. The van der Waals surface area contributed by atoms with Gasteiger partial charge < -0.3 is 10.2 Å². The van der Waals surface area contributed by atoms with Crippen LogP contribution in [0.5, 0.6) is 0 Å². The lowest BCUT2D eigenvalue weighted by molar-refractivity contribution is -0.180. The standard InChI is InChI=1S/C15H25F3N2O/c1-10(2)11-5-7-20(8-6-11)14(21)13-4-3-12(9-19-13)15(16,17)18/h10-13,19H,3-9H2,1-2H3. The summed E-state index contributed by atoms with van der Waals surface area (Å²) in [7, 11) is 0. The molecule has 2 saturated heterocycles.